The Morgan fingerprint density at radius 2 is 1.87 bits per heavy atom. The van der Waals surface area contributed by atoms with Crippen LogP contribution in [-0.4, -0.2) is 45.1 Å². The van der Waals surface area contributed by atoms with E-state index < -0.39 is 5.97 Å². The molecule has 1 unspecified atom stereocenters. The van der Waals surface area contributed by atoms with E-state index in [1.165, 1.54) is 6.07 Å². The number of likely N-dealkylation sites (tertiary alicyclic amines) is 1. The molecular formula is C24H24ClN3O3. The molecule has 1 fully saturated rings. The maximum absolute atomic E-state index is 11.2. The number of aromatic nitrogens is 2. The number of carboxylic acid groups (broad SMARTS) is 1. The SMILES string of the molecule is O=C(O)c1ccnc(CN2CCC(OC(c3ccc(Cl)cc3)c3ccccn3)CC2)c1. The molecule has 4 rings (SSSR count). The Balaban J connectivity index is 1.39. The number of piperidine rings is 1. The molecule has 6 nitrogen and oxygen atoms in total. The molecule has 31 heavy (non-hydrogen) atoms. The van der Waals surface area contributed by atoms with Crippen LogP contribution in [-0.2, 0) is 11.3 Å². The minimum Gasteiger partial charge on any atom is -0.478 e. The van der Waals surface area contributed by atoms with Gasteiger partial charge in [0.2, 0.25) is 0 Å². The second kappa shape index (κ2) is 10.0. The van der Waals surface area contributed by atoms with Gasteiger partial charge >= 0.3 is 5.97 Å². The number of pyridine rings is 2. The van der Waals surface area contributed by atoms with Gasteiger partial charge in [0.25, 0.3) is 0 Å². The van der Waals surface area contributed by atoms with Crippen LogP contribution in [0.15, 0.2) is 67.0 Å². The first-order valence-corrected chi connectivity index (χ1v) is 10.7. The van der Waals surface area contributed by atoms with Crippen LogP contribution < -0.4 is 0 Å². The number of carbonyl (C=O) groups is 1. The van der Waals surface area contributed by atoms with Crippen molar-refractivity contribution in [1.29, 1.82) is 0 Å². The molecule has 1 atom stereocenters. The quantitative estimate of drug-likeness (QED) is 0.582. The van der Waals surface area contributed by atoms with Crippen molar-refractivity contribution in [3.05, 3.63) is 94.5 Å². The minimum absolute atomic E-state index is 0.109. The molecular weight excluding hydrogens is 414 g/mol. The van der Waals surface area contributed by atoms with Crippen molar-refractivity contribution in [2.45, 2.75) is 31.6 Å². The van der Waals surface area contributed by atoms with Crippen molar-refractivity contribution < 1.29 is 14.6 Å². The first kappa shape index (κ1) is 21.4. The summed E-state index contributed by atoms with van der Waals surface area (Å²) in [7, 11) is 0. The maximum Gasteiger partial charge on any atom is 0.335 e. The van der Waals surface area contributed by atoms with Crippen LogP contribution >= 0.6 is 11.6 Å². The average molecular weight is 438 g/mol. The summed E-state index contributed by atoms with van der Waals surface area (Å²) in [6, 6.07) is 16.7. The number of halogens is 1. The molecule has 1 aliphatic rings. The number of hydrogen-bond acceptors (Lipinski definition) is 5. The second-order valence-electron chi connectivity index (χ2n) is 7.64. The third-order valence-corrected chi connectivity index (χ3v) is 5.69. The van der Waals surface area contributed by atoms with Gasteiger partial charge in [-0.2, -0.15) is 0 Å². The van der Waals surface area contributed by atoms with Gasteiger partial charge in [0, 0.05) is 37.1 Å². The summed E-state index contributed by atoms with van der Waals surface area (Å²) in [5.74, 6) is -0.932. The lowest BCUT2D eigenvalue weighted by Gasteiger charge is -2.33. The Labute approximate surface area is 186 Å². The average Bonchev–Trinajstić information content (AvgIpc) is 2.80. The predicted octanol–water partition coefficient (Wildman–Crippen LogP) is 4.60. The summed E-state index contributed by atoms with van der Waals surface area (Å²) in [5.41, 5.74) is 2.94. The number of benzene rings is 1. The number of nitrogens with zero attached hydrogens (tertiary/aromatic N) is 3. The summed E-state index contributed by atoms with van der Waals surface area (Å²) in [6.45, 7) is 2.35. The van der Waals surface area contributed by atoms with Gasteiger partial charge in [-0.1, -0.05) is 29.8 Å². The molecule has 1 saturated heterocycles. The highest BCUT2D eigenvalue weighted by Gasteiger charge is 2.25. The molecule has 160 valence electrons. The third kappa shape index (κ3) is 5.67. The molecule has 0 bridgehead atoms. The maximum atomic E-state index is 11.2. The largest absolute Gasteiger partial charge is 0.478 e. The first-order chi connectivity index (χ1) is 15.1. The van der Waals surface area contributed by atoms with E-state index in [1.54, 1.807) is 18.5 Å². The van der Waals surface area contributed by atoms with Crippen LogP contribution in [0.4, 0.5) is 0 Å². The van der Waals surface area contributed by atoms with Gasteiger partial charge in [-0.05, 0) is 54.8 Å². The Bertz CT molecular complexity index is 1010. The molecule has 0 saturated carbocycles. The van der Waals surface area contributed by atoms with Crippen molar-refractivity contribution in [2.24, 2.45) is 0 Å². The van der Waals surface area contributed by atoms with Crippen LogP contribution in [0.25, 0.3) is 0 Å². The van der Waals surface area contributed by atoms with E-state index in [2.05, 4.69) is 14.9 Å². The Morgan fingerprint density at radius 1 is 1.10 bits per heavy atom. The van der Waals surface area contributed by atoms with Gasteiger partial charge in [-0.3, -0.25) is 14.9 Å². The van der Waals surface area contributed by atoms with Gasteiger partial charge in [-0.25, -0.2) is 4.79 Å². The molecule has 3 heterocycles. The van der Waals surface area contributed by atoms with E-state index in [-0.39, 0.29) is 17.8 Å². The highest BCUT2D eigenvalue weighted by Crippen LogP contribution is 2.30. The third-order valence-electron chi connectivity index (χ3n) is 5.44. The van der Waals surface area contributed by atoms with E-state index in [9.17, 15) is 4.79 Å². The van der Waals surface area contributed by atoms with Crippen LogP contribution in [0.2, 0.25) is 5.02 Å². The lowest BCUT2D eigenvalue weighted by molar-refractivity contribution is -0.0298. The molecule has 0 amide bonds. The van der Waals surface area contributed by atoms with Crippen molar-refractivity contribution in [2.75, 3.05) is 13.1 Å². The molecule has 2 aromatic heterocycles. The fraction of sp³-hybridized carbons (Fsp3) is 0.292. The Kier molecular flexibility index (Phi) is 6.92. The van der Waals surface area contributed by atoms with Crippen LogP contribution in [0, 0.1) is 0 Å². The summed E-state index contributed by atoms with van der Waals surface area (Å²) in [5, 5.41) is 9.86. The van der Waals surface area contributed by atoms with Crippen molar-refractivity contribution in [3.8, 4) is 0 Å². The Hall–Kier alpha value is -2.80. The van der Waals surface area contributed by atoms with E-state index in [0.29, 0.717) is 11.6 Å². The lowest BCUT2D eigenvalue weighted by Crippen LogP contribution is -2.37. The van der Waals surface area contributed by atoms with Crippen molar-refractivity contribution in [3.63, 3.8) is 0 Å². The normalized spacial score (nSPS) is 16.2. The molecule has 1 N–H and O–H groups in total. The monoisotopic (exact) mass is 437 g/mol. The number of aromatic carboxylic acids is 1. The first-order valence-electron chi connectivity index (χ1n) is 10.3. The van der Waals surface area contributed by atoms with Gasteiger partial charge in [0.05, 0.1) is 23.1 Å². The molecule has 1 aliphatic heterocycles. The highest BCUT2D eigenvalue weighted by molar-refractivity contribution is 6.30. The van der Waals surface area contributed by atoms with E-state index in [1.807, 2.05) is 42.5 Å². The summed E-state index contributed by atoms with van der Waals surface area (Å²) < 4.78 is 6.53. The number of ether oxygens (including phenoxy) is 1. The van der Waals surface area contributed by atoms with Crippen molar-refractivity contribution >= 4 is 17.6 Å². The van der Waals surface area contributed by atoms with Gasteiger partial charge in [0.1, 0.15) is 6.10 Å². The zero-order valence-corrected chi connectivity index (χ0v) is 17.8. The lowest BCUT2D eigenvalue weighted by atomic mass is 10.0. The second-order valence-corrected chi connectivity index (χ2v) is 8.08. The van der Waals surface area contributed by atoms with Gasteiger partial charge in [0.15, 0.2) is 0 Å². The van der Waals surface area contributed by atoms with E-state index in [4.69, 9.17) is 21.4 Å². The number of rotatable bonds is 7. The number of carboxylic acids is 1. The fourth-order valence-electron chi connectivity index (χ4n) is 3.81. The zero-order chi connectivity index (χ0) is 21.6. The van der Waals surface area contributed by atoms with Crippen LogP contribution in [0.5, 0.6) is 0 Å². The summed E-state index contributed by atoms with van der Waals surface area (Å²) in [6.07, 6.45) is 4.97. The fourth-order valence-corrected chi connectivity index (χ4v) is 3.94. The molecule has 0 radical (unpaired) electrons. The topological polar surface area (TPSA) is 75.5 Å². The summed E-state index contributed by atoms with van der Waals surface area (Å²) in [4.78, 5) is 22.3. The molecule has 0 spiro atoms. The molecule has 3 aromatic rings. The van der Waals surface area contributed by atoms with Crippen LogP contribution in [0.3, 0.4) is 0 Å². The smallest absolute Gasteiger partial charge is 0.335 e. The predicted molar refractivity (Wildman–Crippen MR) is 118 cm³/mol. The Morgan fingerprint density at radius 3 is 2.55 bits per heavy atom. The van der Waals surface area contributed by atoms with Crippen molar-refractivity contribution in [1.82, 2.24) is 14.9 Å². The molecule has 1 aromatic carbocycles. The summed E-state index contributed by atoms with van der Waals surface area (Å²) >= 11 is 6.06. The molecule has 0 aliphatic carbocycles. The van der Waals surface area contributed by atoms with Gasteiger partial charge < -0.3 is 9.84 Å². The zero-order valence-electron chi connectivity index (χ0n) is 17.0. The van der Waals surface area contributed by atoms with E-state index in [0.717, 1.165) is 42.9 Å². The minimum atomic E-state index is -0.932. The number of hydrogen-bond donors (Lipinski definition) is 1. The van der Waals surface area contributed by atoms with E-state index >= 15 is 0 Å². The highest BCUT2D eigenvalue weighted by atomic mass is 35.5. The van der Waals surface area contributed by atoms with Crippen LogP contribution in [0.1, 0.15) is 46.3 Å². The molecule has 7 heteroatoms. The van der Waals surface area contributed by atoms with Gasteiger partial charge in [-0.15, -0.1) is 0 Å². The standard InChI is InChI=1S/C24H24ClN3O3/c25-19-6-4-17(5-7-19)23(22-3-1-2-11-27-22)31-21-9-13-28(14-10-21)16-20-15-18(24(29)30)8-12-26-20/h1-8,11-12,15,21,23H,9-10,13-14,16H2,(H,29,30).